The fourth-order valence-corrected chi connectivity index (χ4v) is 5.94. The van der Waals surface area contributed by atoms with Crippen molar-refractivity contribution in [3.8, 4) is 0 Å². The summed E-state index contributed by atoms with van der Waals surface area (Å²) in [6.07, 6.45) is 2.72. The van der Waals surface area contributed by atoms with Gasteiger partial charge in [0.1, 0.15) is 36.0 Å². The molecule has 1 aliphatic heterocycles. The van der Waals surface area contributed by atoms with Crippen molar-refractivity contribution in [2.24, 2.45) is 11.7 Å². The minimum atomic E-state index is -1.50. The van der Waals surface area contributed by atoms with E-state index in [9.17, 15) is 38.3 Å². The Kier molecular flexibility index (Phi) is 18.0. The number of rotatable bonds is 13. The summed E-state index contributed by atoms with van der Waals surface area (Å²) in [7, 11) is 0. The summed E-state index contributed by atoms with van der Waals surface area (Å²) in [5, 5.41) is 26.2. The highest BCUT2D eigenvalue weighted by Crippen LogP contribution is 2.12. The van der Waals surface area contributed by atoms with Gasteiger partial charge in [-0.25, -0.2) is 4.39 Å². The van der Waals surface area contributed by atoms with E-state index < -0.39 is 84.1 Å². The average Bonchev–Trinajstić information content (AvgIpc) is 3.15. The lowest BCUT2D eigenvalue weighted by Gasteiger charge is -2.28. The number of aliphatic hydroxyl groups is 1. The van der Waals surface area contributed by atoms with Gasteiger partial charge in [0.2, 0.25) is 35.4 Å². The third-order valence-corrected chi connectivity index (χ3v) is 9.18. The number of benzene rings is 2. The number of unbranched alkanes of at least 4 members (excludes halogenated alkanes) is 1. The van der Waals surface area contributed by atoms with E-state index in [0.29, 0.717) is 24.8 Å². The van der Waals surface area contributed by atoms with E-state index in [-0.39, 0.29) is 44.6 Å². The Bertz CT molecular complexity index is 1540. The maximum Gasteiger partial charge on any atom is 0.245 e. The Hall–Kier alpha value is -4.89. The minimum Gasteiger partial charge on any atom is -0.394 e. The monoisotopic (exact) mass is 753 g/mol. The van der Waals surface area contributed by atoms with E-state index in [2.05, 4.69) is 31.9 Å². The van der Waals surface area contributed by atoms with Crippen LogP contribution in [0.4, 0.5) is 4.39 Å². The summed E-state index contributed by atoms with van der Waals surface area (Å²) in [6, 6.07) is 7.50. The zero-order chi connectivity index (χ0) is 39.6. The van der Waals surface area contributed by atoms with E-state index in [1.54, 1.807) is 0 Å². The van der Waals surface area contributed by atoms with Crippen molar-refractivity contribution in [1.29, 1.82) is 0 Å². The number of halogens is 1. The molecular weight excluding hydrogens is 697 g/mol. The van der Waals surface area contributed by atoms with Crippen molar-refractivity contribution in [2.45, 2.75) is 115 Å². The van der Waals surface area contributed by atoms with E-state index in [0.717, 1.165) is 12.0 Å². The first-order chi connectivity index (χ1) is 25.8. The minimum absolute atomic E-state index is 0.0286. The number of hydrogen-bond acceptors (Lipinski definition) is 8. The molecule has 14 nitrogen and oxygen atoms in total. The Morgan fingerprint density at radius 3 is 2.04 bits per heavy atom. The fourth-order valence-electron chi connectivity index (χ4n) is 5.94. The predicted octanol–water partition coefficient (Wildman–Crippen LogP) is 0.891. The average molecular weight is 754 g/mol. The van der Waals surface area contributed by atoms with Crippen LogP contribution in [0.2, 0.25) is 0 Å². The molecule has 0 aromatic heterocycles. The largest absolute Gasteiger partial charge is 0.394 e. The zero-order valence-corrected chi connectivity index (χ0v) is 31.4. The lowest BCUT2D eigenvalue weighted by molar-refractivity contribution is -0.136. The van der Waals surface area contributed by atoms with Crippen LogP contribution in [0.5, 0.6) is 0 Å². The number of amides is 6. The van der Waals surface area contributed by atoms with Crippen LogP contribution in [0.25, 0.3) is 0 Å². The molecule has 0 radical (unpaired) electrons. The molecule has 3 rings (SSSR count). The zero-order valence-electron chi connectivity index (χ0n) is 31.4. The second-order valence-electron chi connectivity index (χ2n) is 14.2. The van der Waals surface area contributed by atoms with Gasteiger partial charge in [-0.2, -0.15) is 0 Å². The van der Waals surface area contributed by atoms with Crippen LogP contribution in [-0.4, -0.2) is 90.0 Å². The number of nitrogens with two attached hydrogens (primary N) is 1. The van der Waals surface area contributed by atoms with Crippen molar-refractivity contribution in [1.82, 2.24) is 31.9 Å². The number of carbonyl (C=O) groups excluding carboxylic acids is 6. The fraction of sp³-hybridized carbons (Fsp3) is 0.538. The Morgan fingerprint density at radius 2 is 1.41 bits per heavy atom. The number of carbonyl (C=O) groups is 6. The van der Waals surface area contributed by atoms with Crippen molar-refractivity contribution in [3.05, 3.63) is 71.5 Å². The van der Waals surface area contributed by atoms with Crippen LogP contribution in [0, 0.1) is 11.7 Å². The standard InChI is InChI=1S/C39H56FN7O7/c1-4-5-12-29-35(50)42-20-9-13-30(43-34(49)28(41)21-25-10-7-6-8-11-25)36(51)47-33(23-48)39(54)45-31(19-14-24(2)3)37(52)46-32(38(53)44-29)22-26-15-17-27(40)18-16-26/h6-8,10-11,15-18,24,28-33,48H,4-5,9,12-14,19-23,41H2,1-3H3,(H,42,50)(H,43,49)(H,44,53)(H,45,54)(H,46,52)(H,47,51)/t28-,29-,30-,31+,32-,33-/m0/s1. The molecule has 9 N–H and O–H groups in total. The third kappa shape index (κ3) is 14.5. The molecule has 6 atom stereocenters. The van der Waals surface area contributed by atoms with Gasteiger partial charge < -0.3 is 42.7 Å². The molecule has 1 aliphatic rings. The maximum absolute atomic E-state index is 13.9. The second-order valence-corrected chi connectivity index (χ2v) is 14.2. The summed E-state index contributed by atoms with van der Waals surface area (Å²) < 4.78 is 13.7. The van der Waals surface area contributed by atoms with Crippen LogP contribution in [0.1, 0.15) is 76.8 Å². The molecule has 2 aromatic carbocycles. The topological polar surface area (TPSA) is 221 Å². The molecule has 0 unspecified atom stereocenters. The van der Waals surface area contributed by atoms with Crippen LogP contribution in [0.15, 0.2) is 54.6 Å². The molecule has 1 fully saturated rings. The van der Waals surface area contributed by atoms with E-state index in [1.165, 1.54) is 24.3 Å². The molecule has 1 heterocycles. The molecule has 296 valence electrons. The smallest absolute Gasteiger partial charge is 0.245 e. The molecule has 54 heavy (non-hydrogen) atoms. The highest BCUT2D eigenvalue weighted by Gasteiger charge is 2.33. The Labute approximate surface area is 316 Å². The molecular formula is C39H56FN7O7. The van der Waals surface area contributed by atoms with Crippen molar-refractivity contribution in [3.63, 3.8) is 0 Å². The number of aliphatic hydroxyl groups excluding tert-OH is 1. The van der Waals surface area contributed by atoms with Gasteiger partial charge in [0, 0.05) is 13.0 Å². The maximum atomic E-state index is 13.9. The molecule has 0 bridgehead atoms. The van der Waals surface area contributed by atoms with Gasteiger partial charge in [0.25, 0.3) is 0 Å². The highest BCUT2D eigenvalue weighted by atomic mass is 19.1. The van der Waals surface area contributed by atoms with Gasteiger partial charge in [-0.15, -0.1) is 0 Å². The predicted molar refractivity (Wildman–Crippen MR) is 201 cm³/mol. The quantitative estimate of drug-likeness (QED) is 0.147. The van der Waals surface area contributed by atoms with E-state index in [1.807, 2.05) is 51.1 Å². The van der Waals surface area contributed by atoms with Crippen LogP contribution in [-0.2, 0) is 41.6 Å². The van der Waals surface area contributed by atoms with E-state index in [4.69, 9.17) is 5.73 Å². The van der Waals surface area contributed by atoms with Gasteiger partial charge in [-0.3, -0.25) is 28.8 Å². The van der Waals surface area contributed by atoms with Crippen molar-refractivity contribution >= 4 is 35.4 Å². The van der Waals surface area contributed by atoms with E-state index >= 15 is 0 Å². The van der Waals surface area contributed by atoms with Gasteiger partial charge in [0.05, 0.1) is 12.6 Å². The molecule has 0 saturated carbocycles. The van der Waals surface area contributed by atoms with Crippen LogP contribution in [0.3, 0.4) is 0 Å². The second kappa shape index (κ2) is 22.4. The summed E-state index contributed by atoms with van der Waals surface area (Å²) >= 11 is 0. The van der Waals surface area contributed by atoms with Crippen molar-refractivity contribution in [2.75, 3.05) is 13.2 Å². The van der Waals surface area contributed by atoms with Gasteiger partial charge in [-0.1, -0.05) is 76.1 Å². The van der Waals surface area contributed by atoms with Crippen molar-refractivity contribution < 1.29 is 38.3 Å². The molecule has 15 heteroatoms. The van der Waals surface area contributed by atoms with Crippen LogP contribution >= 0.6 is 0 Å². The molecule has 2 aromatic rings. The van der Waals surface area contributed by atoms with Crippen LogP contribution < -0.4 is 37.6 Å². The van der Waals surface area contributed by atoms with Gasteiger partial charge in [-0.05, 0) is 67.7 Å². The third-order valence-electron chi connectivity index (χ3n) is 9.18. The molecule has 0 aliphatic carbocycles. The SMILES string of the molecule is CCCC[C@@H]1NC(=O)[C@H](Cc2ccc(F)cc2)NC(=O)[C@@H](CCC(C)C)NC(=O)[C@H](CO)NC(=O)[C@@H](NC(=O)[C@@H](N)Cc2ccccc2)CCCNC1=O. The Morgan fingerprint density at radius 1 is 0.815 bits per heavy atom. The van der Waals surface area contributed by atoms with Gasteiger partial charge >= 0.3 is 0 Å². The first kappa shape index (κ1) is 43.5. The molecule has 0 spiro atoms. The lowest BCUT2D eigenvalue weighted by atomic mass is 10.00. The molecule has 1 saturated heterocycles. The number of hydrogen-bond donors (Lipinski definition) is 8. The van der Waals surface area contributed by atoms with Gasteiger partial charge in [0.15, 0.2) is 0 Å². The lowest BCUT2D eigenvalue weighted by Crippen LogP contribution is -2.60. The highest BCUT2D eigenvalue weighted by molar-refractivity contribution is 5.96. The normalized spacial score (nSPS) is 22.8. The molecule has 6 amide bonds. The summed E-state index contributed by atoms with van der Waals surface area (Å²) in [5.41, 5.74) is 7.55. The summed E-state index contributed by atoms with van der Waals surface area (Å²) in [4.78, 5) is 81.5. The first-order valence-electron chi connectivity index (χ1n) is 18.8. The number of nitrogens with one attached hydrogen (secondary N) is 6. The Balaban J connectivity index is 1.93. The summed E-state index contributed by atoms with van der Waals surface area (Å²) in [5.74, 6) is -4.40. The summed E-state index contributed by atoms with van der Waals surface area (Å²) in [6.45, 7) is 5.06. The first-order valence-corrected chi connectivity index (χ1v) is 18.8.